The Balaban J connectivity index is 1.63. The van der Waals surface area contributed by atoms with Gasteiger partial charge in [-0.05, 0) is 35.7 Å². The highest BCUT2D eigenvalue weighted by atomic mass is 35.5. The molecule has 6 heteroatoms. The molecule has 3 rings (SSSR count). The highest BCUT2D eigenvalue weighted by Gasteiger charge is 2.15. The van der Waals surface area contributed by atoms with Gasteiger partial charge in [-0.15, -0.1) is 0 Å². The Bertz CT molecular complexity index is 945. The first kappa shape index (κ1) is 18.6. The first-order valence-electron chi connectivity index (χ1n) is 8.33. The molecule has 0 saturated carbocycles. The lowest BCUT2D eigenvalue weighted by molar-refractivity contribution is -0.119. The summed E-state index contributed by atoms with van der Waals surface area (Å²) in [6, 6.07) is 20.3. The number of hydrogen-bond acceptors (Lipinski definition) is 4. The Labute approximate surface area is 162 Å². The lowest BCUT2D eigenvalue weighted by atomic mass is 10.00. The van der Waals surface area contributed by atoms with Crippen molar-refractivity contribution in [2.75, 3.05) is 11.9 Å². The fourth-order valence-corrected chi connectivity index (χ4v) is 2.73. The van der Waals surface area contributed by atoms with Gasteiger partial charge in [0.25, 0.3) is 5.91 Å². The van der Waals surface area contributed by atoms with E-state index in [1.54, 1.807) is 24.3 Å². The molecular formula is C21H17ClN2O3. The first-order valence-corrected chi connectivity index (χ1v) is 8.70. The Hall–Kier alpha value is -3.18. The topological polar surface area (TPSA) is 68.3 Å². The van der Waals surface area contributed by atoms with Gasteiger partial charge in [-0.1, -0.05) is 60.1 Å². The van der Waals surface area contributed by atoms with Gasteiger partial charge in [-0.3, -0.25) is 4.79 Å². The number of carbonyl (C=O) groups excluding carboxylic acids is 2. The van der Waals surface area contributed by atoms with Crippen LogP contribution in [0, 0.1) is 0 Å². The van der Waals surface area contributed by atoms with Gasteiger partial charge >= 0.3 is 5.97 Å². The lowest BCUT2D eigenvalue weighted by Gasteiger charge is -2.10. The van der Waals surface area contributed by atoms with Gasteiger partial charge in [-0.25, -0.2) is 9.78 Å². The second-order valence-corrected chi connectivity index (χ2v) is 6.14. The summed E-state index contributed by atoms with van der Waals surface area (Å²) >= 11 is 5.89. The van der Waals surface area contributed by atoms with Crippen molar-refractivity contribution in [3.8, 4) is 0 Å². The number of benzene rings is 2. The maximum absolute atomic E-state index is 12.4. The molecule has 3 aromatic rings. The van der Waals surface area contributed by atoms with E-state index >= 15 is 0 Å². The van der Waals surface area contributed by atoms with E-state index in [1.165, 1.54) is 6.20 Å². The molecule has 1 amide bonds. The van der Waals surface area contributed by atoms with Crippen molar-refractivity contribution in [3.05, 3.63) is 94.8 Å². The summed E-state index contributed by atoms with van der Waals surface area (Å²) in [4.78, 5) is 28.3. The summed E-state index contributed by atoms with van der Waals surface area (Å²) in [5.41, 5.74) is 2.73. The molecule has 0 spiro atoms. The van der Waals surface area contributed by atoms with E-state index in [1.807, 2.05) is 42.5 Å². The third kappa shape index (κ3) is 5.15. The molecule has 0 aliphatic rings. The molecule has 1 aromatic heterocycles. The SMILES string of the molecule is O=C(COC(=O)c1ccccc1Cc1ccccc1)Nc1cccnc1Cl. The Morgan fingerprint density at radius 3 is 2.48 bits per heavy atom. The van der Waals surface area contributed by atoms with Crippen LogP contribution in [0.1, 0.15) is 21.5 Å². The van der Waals surface area contributed by atoms with E-state index in [9.17, 15) is 9.59 Å². The molecule has 0 fully saturated rings. The van der Waals surface area contributed by atoms with Crippen LogP contribution in [0.5, 0.6) is 0 Å². The summed E-state index contributed by atoms with van der Waals surface area (Å²) in [5.74, 6) is -1.03. The number of carbonyl (C=O) groups is 2. The molecule has 0 radical (unpaired) electrons. The number of esters is 1. The number of halogens is 1. The van der Waals surface area contributed by atoms with E-state index in [0.29, 0.717) is 17.7 Å². The summed E-state index contributed by atoms with van der Waals surface area (Å²) in [6.07, 6.45) is 2.12. The molecule has 0 saturated heterocycles. The average Bonchev–Trinajstić information content (AvgIpc) is 2.69. The van der Waals surface area contributed by atoms with E-state index in [0.717, 1.165) is 11.1 Å². The van der Waals surface area contributed by atoms with Crippen LogP contribution in [-0.4, -0.2) is 23.5 Å². The standard InChI is InChI=1S/C21H17ClN2O3/c22-20-18(11-6-12-23-20)24-19(25)14-27-21(26)17-10-5-4-9-16(17)13-15-7-2-1-3-8-15/h1-12H,13-14H2,(H,24,25). The Morgan fingerprint density at radius 1 is 0.963 bits per heavy atom. The van der Waals surface area contributed by atoms with Crippen LogP contribution >= 0.6 is 11.6 Å². The molecular weight excluding hydrogens is 364 g/mol. The van der Waals surface area contributed by atoms with Crippen molar-refractivity contribution in [1.29, 1.82) is 0 Å². The second kappa shape index (κ2) is 8.96. The summed E-state index contributed by atoms with van der Waals surface area (Å²) < 4.78 is 5.17. The van der Waals surface area contributed by atoms with Gasteiger partial charge in [-0.2, -0.15) is 0 Å². The predicted octanol–water partition coefficient (Wildman–Crippen LogP) is 4.12. The zero-order valence-corrected chi connectivity index (χ0v) is 15.1. The number of hydrogen-bond donors (Lipinski definition) is 1. The van der Waals surface area contributed by atoms with Crippen LogP contribution in [0.15, 0.2) is 72.9 Å². The smallest absolute Gasteiger partial charge is 0.338 e. The van der Waals surface area contributed by atoms with Crippen LogP contribution in [0.3, 0.4) is 0 Å². The molecule has 1 heterocycles. The number of ether oxygens (including phenoxy) is 1. The number of pyridine rings is 1. The number of amides is 1. The van der Waals surface area contributed by atoms with Gasteiger partial charge < -0.3 is 10.1 Å². The van der Waals surface area contributed by atoms with Gasteiger partial charge in [0.05, 0.1) is 11.3 Å². The third-order valence-electron chi connectivity index (χ3n) is 3.84. The van der Waals surface area contributed by atoms with Crippen molar-refractivity contribution >= 4 is 29.2 Å². The van der Waals surface area contributed by atoms with Crippen LogP contribution in [0.4, 0.5) is 5.69 Å². The van der Waals surface area contributed by atoms with E-state index in [-0.39, 0.29) is 5.15 Å². The van der Waals surface area contributed by atoms with E-state index < -0.39 is 18.5 Å². The predicted molar refractivity (Wildman–Crippen MR) is 104 cm³/mol. The zero-order chi connectivity index (χ0) is 19.1. The highest BCUT2D eigenvalue weighted by Crippen LogP contribution is 2.18. The van der Waals surface area contributed by atoms with Crippen molar-refractivity contribution in [2.45, 2.75) is 6.42 Å². The van der Waals surface area contributed by atoms with Crippen LogP contribution in [-0.2, 0) is 16.0 Å². The highest BCUT2D eigenvalue weighted by molar-refractivity contribution is 6.32. The number of rotatable bonds is 6. The maximum Gasteiger partial charge on any atom is 0.338 e. The summed E-state index contributed by atoms with van der Waals surface area (Å²) in [6.45, 7) is -0.413. The van der Waals surface area contributed by atoms with E-state index in [4.69, 9.17) is 16.3 Å². The monoisotopic (exact) mass is 380 g/mol. The quantitative estimate of drug-likeness (QED) is 0.516. The van der Waals surface area contributed by atoms with Crippen molar-refractivity contribution in [3.63, 3.8) is 0 Å². The number of nitrogens with zero attached hydrogens (tertiary/aromatic N) is 1. The Morgan fingerprint density at radius 2 is 1.70 bits per heavy atom. The minimum Gasteiger partial charge on any atom is -0.452 e. The molecule has 0 aliphatic carbocycles. The van der Waals surface area contributed by atoms with Crippen LogP contribution < -0.4 is 5.32 Å². The molecule has 0 unspecified atom stereocenters. The van der Waals surface area contributed by atoms with Crippen LogP contribution in [0.2, 0.25) is 5.15 Å². The van der Waals surface area contributed by atoms with Gasteiger partial charge in [0.2, 0.25) is 0 Å². The fourth-order valence-electron chi connectivity index (χ4n) is 2.56. The van der Waals surface area contributed by atoms with Crippen molar-refractivity contribution in [1.82, 2.24) is 4.98 Å². The maximum atomic E-state index is 12.4. The first-order chi connectivity index (χ1) is 13.1. The van der Waals surface area contributed by atoms with E-state index in [2.05, 4.69) is 10.3 Å². The van der Waals surface area contributed by atoms with Crippen molar-refractivity contribution in [2.24, 2.45) is 0 Å². The molecule has 136 valence electrons. The Kier molecular flexibility index (Phi) is 6.18. The molecule has 0 atom stereocenters. The van der Waals surface area contributed by atoms with Gasteiger partial charge in [0, 0.05) is 6.20 Å². The summed E-state index contributed by atoms with van der Waals surface area (Å²) in [7, 11) is 0. The minimum absolute atomic E-state index is 0.172. The zero-order valence-electron chi connectivity index (χ0n) is 14.4. The normalized spacial score (nSPS) is 10.3. The number of nitrogens with one attached hydrogen (secondary N) is 1. The molecule has 2 aromatic carbocycles. The third-order valence-corrected chi connectivity index (χ3v) is 4.14. The van der Waals surface area contributed by atoms with Crippen molar-refractivity contribution < 1.29 is 14.3 Å². The second-order valence-electron chi connectivity index (χ2n) is 5.79. The lowest BCUT2D eigenvalue weighted by Crippen LogP contribution is -2.21. The van der Waals surface area contributed by atoms with Crippen LogP contribution in [0.25, 0.3) is 0 Å². The summed E-state index contributed by atoms with van der Waals surface area (Å²) in [5, 5.41) is 2.73. The molecule has 0 bridgehead atoms. The molecule has 0 aliphatic heterocycles. The molecule has 27 heavy (non-hydrogen) atoms. The minimum atomic E-state index is -0.547. The number of aromatic nitrogens is 1. The molecule has 1 N–H and O–H groups in total. The molecule has 5 nitrogen and oxygen atoms in total. The van der Waals surface area contributed by atoms with Gasteiger partial charge in [0.1, 0.15) is 0 Å². The number of anilines is 1. The average molecular weight is 381 g/mol. The largest absolute Gasteiger partial charge is 0.452 e. The fraction of sp³-hybridized carbons (Fsp3) is 0.0952. The van der Waals surface area contributed by atoms with Gasteiger partial charge in [0.15, 0.2) is 11.8 Å².